The Labute approximate surface area is 209 Å². The Kier molecular flexibility index (Phi) is 10.2. The smallest absolute Gasteiger partial charge is 0.303 e. The number of ether oxygens (including phenoxy) is 5. The lowest BCUT2D eigenvalue weighted by atomic mass is 9.97. The van der Waals surface area contributed by atoms with Gasteiger partial charge in [-0.15, -0.1) is 0 Å². The van der Waals surface area contributed by atoms with Crippen molar-refractivity contribution in [3.8, 4) is 0 Å². The summed E-state index contributed by atoms with van der Waals surface area (Å²) in [6.07, 6.45) is -6.04. The van der Waals surface area contributed by atoms with Crippen LogP contribution < -0.4 is 10.6 Å². The largest absolute Gasteiger partial charge is 0.463 e. The highest BCUT2D eigenvalue weighted by Gasteiger charge is 2.52. The molecule has 0 aromatic heterocycles. The Bertz CT molecular complexity index is 945. The van der Waals surface area contributed by atoms with Crippen molar-refractivity contribution in [2.75, 3.05) is 11.9 Å². The Hall–Kier alpha value is -2.77. The van der Waals surface area contributed by atoms with E-state index < -0.39 is 54.5 Å². The van der Waals surface area contributed by atoms with Gasteiger partial charge in [0.2, 0.25) is 0 Å². The molecular formula is C21H25BrN2O9S. The highest BCUT2D eigenvalue weighted by molar-refractivity contribution is 9.10. The summed E-state index contributed by atoms with van der Waals surface area (Å²) in [5.41, 5.74) is 0.644. The van der Waals surface area contributed by atoms with Gasteiger partial charge >= 0.3 is 23.9 Å². The van der Waals surface area contributed by atoms with Crippen molar-refractivity contribution in [2.24, 2.45) is 0 Å². The van der Waals surface area contributed by atoms with Crippen molar-refractivity contribution in [1.29, 1.82) is 0 Å². The highest BCUT2D eigenvalue weighted by atomic mass is 79.9. The van der Waals surface area contributed by atoms with Crippen LogP contribution in [0.4, 0.5) is 5.69 Å². The summed E-state index contributed by atoms with van der Waals surface area (Å²) in [6, 6.07) is 7.19. The Morgan fingerprint density at radius 2 is 1.47 bits per heavy atom. The lowest BCUT2D eigenvalue weighted by Crippen LogP contribution is -2.66. The molecule has 1 saturated heterocycles. The van der Waals surface area contributed by atoms with Crippen LogP contribution in [0.1, 0.15) is 27.7 Å². The van der Waals surface area contributed by atoms with Crippen molar-refractivity contribution in [3.05, 3.63) is 28.7 Å². The third kappa shape index (κ3) is 8.22. The summed E-state index contributed by atoms with van der Waals surface area (Å²) >= 11 is 8.77. The van der Waals surface area contributed by atoms with Gasteiger partial charge in [0.15, 0.2) is 29.7 Å². The number of hydrogen-bond donors (Lipinski definition) is 2. The molecule has 1 aromatic rings. The molecule has 0 amide bonds. The Balaban J connectivity index is 2.37. The second kappa shape index (κ2) is 12.6. The fraction of sp³-hybridized carbons (Fsp3) is 0.476. The zero-order valence-corrected chi connectivity index (χ0v) is 21.3. The summed E-state index contributed by atoms with van der Waals surface area (Å²) in [4.78, 5) is 46.9. The van der Waals surface area contributed by atoms with Crippen LogP contribution >= 0.6 is 28.1 Å². The van der Waals surface area contributed by atoms with Crippen LogP contribution in [0, 0.1) is 0 Å². The van der Waals surface area contributed by atoms with Gasteiger partial charge in [-0.25, -0.2) is 0 Å². The third-order valence-corrected chi connectivity index (χ3v) is 5.30. The lowest BCUT2D eigenvalue weighted by molar-refractivity contribution is -0.254. The monoisotopic (exact) mass is 560 g/mol. The van der Waals surface area contributed by atoms with Gasteiger partial charge in [0.05, 0.1) is 5.69 Å². The summed E-state index contributed by atoms with van der Waals surface area (Å²) in [5.74, 6) is -2.74. The fourth-order valence-electron chi connectivity index (χ4n) is 3.19. The number of hydrogen-bond acceptors (Lipinski definition) is 10. The average molecular weight is 561 g/mol. The molecule has 1 aliphatic heterocycles. The first-order valence-corrected chi connectivity index (χ1v) is 11.3. The standard InChI is InChI=1S/C21H25BrN2O9S/c1-10(25)29-9-16-17(30-11(2)26)18(31-12(3)27)19(32-13(4)28)20(33-16)24-21(34)23-15-8-6-5-7-14(15)22/h5-8,16-20H,9H2,1-4H3,(H2,23,24,34)/t16-,17-,18-,19+,20-/m0/s1. The molecule has 0 aliphatic carbocycles. The molecule has 11 nitrogen and oxygen atoms in total. The van der Waals surface area contributed by atoms with E-state index in [2.05, 4.69) is 26.6 Å². The highest BCUT2D eigenvalue weighted by Crippen LogP contribution is 2.29. The first kappa shape index (κ1) is 27.5. The quantitative estimate of drug-likeness (QED) is 0.285. The van der Waals surface area contributed by atoms with E-state index in [-0.39, 0.29) is 11.7 Å². The number of esters is 4. The van der Waals surface area contributed by atoms with Crippen molar-refractivity contribution < 1.29 is 42.9 Å². The number of carbonyl (C=O) groups is 4. The van der Waals surface area contributed by atoms with E-state index in [1.165, 1.54) is 6.92 Å². The summed E-state index contributed by atoms with van der Waals surface area (Å²) in [6.45, 7) is 4.32. The molecule has 2 N–H and O–H groups in total. The van der Waals surface area contributed by atoms with Gasteiger partial charge < -0.3 is 34.3 Å². The topological polar surface area (TPSA) is 138 Å². The second-order valence-corrected chi connectivity index (χ2v) is 8.46. The van der Waals surface area contributed by atoms with E-state index >= 15 is 0 Å². The number of thiocarbonyl (C=S) groups is 1. The zero-order chi connectivity index (χ0) is 25.4. The molecule has 0 bridgehead atoms. The molecule has 5 atom stereocenters. The van der Waals surface area contributed by atoms with Gasteiger partial charge in [-0.3, -0.25) is 19.2 Å². The minimum absolute atomic E-state index is 0.0906. The number of halogens is 1. The van der Waals surface area contributed by atoms with Crippen molar-refractivity contribution in [2.45, 2.75) is 58.3 Å². The molecule has 0 radical (unpaired) electrons. The number of benzene rings is 1. The maximum atomic E-state index is 11.9. The number of para-hydroxylation sites is 1. The Morgan fingerprint density at radius 3 is 2.03 bits per heavy atom. The van der Waals surface area contributed by atoms with Gasteiger partial charge in [-0.1, -0.05) is 12.1 Å². The first-order chi connectivity index (χ1) is 16.0. The molecule has 0 spiro atoms. The van der Waals surface area contributed by atoms with E-state index in [0.717, 1.165) is 25.2 Å². The van der Waals surface area contributed by atoms with Gasteiger partial charge in [-0.2, -0.15) is 0 Å². The third-order valence-electron chi connectivity index (χ3n) is 4.39. The fourth-order valence-corrected chi connectivity index (χ4v) is 3.80. The van der Waals surface area contributed by atoms with Gasteiger partial charge in [0.1, 0.15) is 12.7 Å². The molecule has 34 heavy (non-hydrogen) atoms. The van der Waals surface area contributed by atoms with Crippen LogP contribution in [0.15, 0.2) is 28.7 Å². The van der Waals surface area contributed by atoms with Crippen LogP contribution in [0.25, 0.3) is 0 Å². The molecule has 186 valence electrons. The van der Waals surface area contributed by atoms with Gasteiger partial charge in [0, 0.05) is 32.2 Å². The van der Waals surface area contributed by atoms with Gasteiger partial charge in [-0.05, 0) is 40.3 Å². The first-order valence-electron chi connectivity index (χ1n) is 10.1. The van der Waals surface area contributed by atoms with E-state index in [9.17, 15) is 19.2 Å². The molecule has 2 rings (SSSR count). The maximum Gasteiger partial charge on any atom is 0.303 e. The predicted molar refractivity (Wildman–Crippen MR) is 125 cm³/mol. The minimum Gasteiger partial charge on any atom is -0.463 e. The zero-order valence-electron chi connectivity index (χ0n) is 18.9. The van der Waals surface area contributed by atoms with Crippen LogP contribution in [0.3, 0.4) is 0 Å². The van der Waals surface area contributed by atoms with E-state index in [0.29, 0.717) is 5.69 Å². The van der Waals surface area contributed by atoms with Crippen LogP contribution in [-0.2, 0) is 42.9 Å². The molecule has 1 heterocycles. The number of nitrogens with one attached hydrogen (secondary N) is 2. The SMILES string of the molecule is CC(=O)OC[C@@H]1O[C@H](NC(=S)Nc2ccccc2Br)[C@H](OC(C)=O)[C@@H](OC(C)=O)[C@H]1OC(C)=O. The summed E-state index contributed by atoms with van der Waals surface area (Å²) < 4.78 is 27.8. The lowest BCUT2D eigenvalue weighted by Gasteiger charge is -2.44. The van der Waals surface area contributed by atoms with Crippen LogP contribution in [0.5, 0.6) is 0 Å². The van der Waals surface area contributed by atoms with E-state index in [1.54, 1.807) is 18.2 Å². The maximum absolute atomic E-state index is 11.9. The van der Waals surface area contributed by atoms with E-state index in [1.807, 2.05) is 6.07 Å². The molecule has 0 unspecified atom stereocenters. The normalized spacial score (nSPS) is 23.7. The number of rotatable bonds is 7. The molecule has 1 aromatic carbocycles. The predicted octanol–water partition coefficient (Wildman–Crippen LogP) is 1.82. The number of carbonyl (C=O) groups excluding carboxylic acids is 4. The van der Waals surface area contributed by atoms with E-state index in [4.69, 9.17) is 35.9 Å². The van der Waals surface area contributed by atoms with Crippen molar-refractivity contribution in [1.82, 2.24) is 5.32 Å². The van der Waals surface area contributed by atoms with Crippen molar-refractivity contribution >= 4 is 62.8 Å². The summed E-state index contributed by atoms with van der Waals surface area (Å²) in [7, 11) is 0. The Morgan fingerprint density at radius 1 is 0.912 bits per heavy atom. The molecule has 1 fully saturated rings. The summed E-state index contributed by atoms with van der Waals surface area (Å²) in [5, 5.41) is 5.93. The average Bonchev–Trinajstić information content (AvgIpc) is 2.71. The minimum atomic E-state index is -1.29. The van der Waals surface area contributed by atoms with Crippen LogP contribution in [0.2, 0.25) is 0 Å². The molecular weight excluding hydrogens is 536 g/mol. The molecule has 13 heteroatoms. The second-order valence-electron chi connectivity index (χ2n) is 7.20. The number of anilines is 1. The molecule has 0 saturated carbocycles. The van der Waals surface area contributed by atoms with Gasteiger partial charge in [0.25, 0.3) is 0 Å². The van der Waals surface area contributed by atoms with Crippen molar-refractivity contribution in [3.63, 3.8) is 0 Å². The van der Waals surface area contributed by atoms with Crippen LogP contribution in [-0.4, -0.2) is 66.2 Å². The molecule has 1 aliphatic rings.